The van der Waals surface area contributed by atoms with Crippen molar-refractivity contribution in [3.63, 3.8) is 0 Å². The first-order valence-electron chi connectivity index (χ1n) is 10.6. The van der Waals surface area contributed by atoms with E-state index in [4.69, 9.17) is 9.47 Å². The summed E-state index contributed by atoms with van der Waals surface area (Å²) in [6, 6.07) is 9.62. The number of ether oxygens (including phenoxy) is 2. The van der Waals surface area contributed by atoms with E-state index in [2.05, 4.69) is 5.32 Å². The van der Waals surface area contributed by atoms with E-state index in [1.807, 2.05) is 13.8 Å². The molecule has 166 valence electrons. The second-order valence-corrected chi connectivity index (χ2v) is 7.85. The van der Waals surface area contributed by atoms with Crippen LogP contribution in [0.3, 0.4) is 0 Å². The Labute approximate surface area is 182 Å². The van der Waals surface area contributed by atoms with Crippen molar-refractivity contribution in [1.82, 2.24) is 5.32 Å². The van der Waals surface area contributed by atoms with Gasteiger partial charge in [0.05, 0.1) is 6.61 Å². The maximum Gasteiger partial charge on any atom is 0.251 e. The first-order valence-corrected chi connectivity index (χ1v) is 10.6. The molecule has 0 unspecified atom stereocenters. The minimum Gasteiger partial charge on any atom is -0.493 e. The molecule has 0 bridgehead atoms. The molecule has 1 N–H and O–H groups in total. The summed E-state index contributed by atoms with van der Waals surface area (Å²) in [4.78, 5) is 26.3. The van der Waals surface area contributed by atoms with Crippen molar-refractivity contribution < 1.29 is 23.5 Å². The zero-order valence-corrected chi connectivity index (χ0v) is 18.2. The quantitative estimate of drug-likeness (QED) is 0.609. The van der Waals surface area contributed by atoms with E-state index in [1.54, 1.807) is 42.3 Å². The maximum absolute atomic E-state index is 14.8. The highest BCUT2D eigenvalue weighted by atomic mass is 19.1. The molecule has 0 atom stereocenters. The second kappa shape index (κ2) is 10.4. The lowest BCUT2D eigenvalue weighted by molar-refractivity contribution is -0.117. The topological polar surface area (TPSA) is 67.9 Å². The van der Waals surface area contributed by atoms with Gasteiger partial charge in [-0.1, -0.05) is 0 Å². The summed E-state index contributed by atoms with van der Waals surface area (Å²) >= 11 is 0. The second-order valence-electron chi connectivity index (χ2n) is 7.85. The zero-order valence-electron chi connectivity index (χ0n) is 18.2. The number of nitrogens with one attached hydrogen (secondary N) is 1. The fourth-order valence-electron chi connectivity index (χ4n) is 3.55. The number of anilines is 1. The molecule has 2 aromatic carbocycles. The number of hydrogen-bond donors (Lipinski definition) is 1. The van der Waals surface area contributed by atoms with Crippen molar-refractivity contribution in [2.45, 2.75) is 39.2 Å². The summed E-state index contributed by atoms with van der Waals surface area (Å²) in [7, 11) is 1.61. The van der Waals surface area contributed by atoms with Crippen LogP contribution in [0.5, 0.6) is 5.75 Å². The van der Waals surface area contributed by atoms with Gasteiger partial charge in [-0.25, -0.2) is 4.39 Å². The van der Waals surface area contributed by atoms with Gasteiger partial charge < -0.3 is 19.7 Å². The molecule has 3 rings (SSSR count). The molecule has 0 saturated carbocycles. The summed E-state index contributed by atoms with van der Waals surface area (Å²) < 4.78 is 25.8. The van der Waals surface area contributed by atoms with Crippen LogP contribution < -0.4 is 15.0 Å². The van der Waals surface area contributed by atoms with Gasteiger partial charge in [-0.3, -0.25) is 9.59 Å². The molecule has 1 heterocycles. The predicted molar refractivity (Wildman–Crippen MR) is 118 cm³/mol. The van der Waals surface area contributed by atoms with Gasteiger partial charge in [-0.2, -0.15) is 0 Å². The molecular formula is C24H29FN2O4. The van der Waals surface area contributed by atoms with Crippen molar-refractivity contribution in [3.8, 4) is 16.9 Å². The number of carbonyl (C=O) groups is 2. The van der Waals surface area contributed by atoms with Crippen LogP contribution in [-0.4, -0.2) is 44.7 Å². The Morgan fingerprint density at radius 1 is 1.16 bits per heavy atom. The lowest BCUT2D eigenvalue weighted by atomic mass is 10.0. The van der Waals surface area contributed by atoms with Crippen LogP contribution in [0, 0.1) is 5.82 Å². The summed E-state index contributed by atoms with van der Waals surface area (Å²) in [5.74, 6) is -0.192. The monoisotopic (exact) mass is 428 g/mol. The van der Waals surface area contributed by atoms with Crippen LogP contribution in [0.1, 0.15) is 43.5 Å². The molecule has 1 saturated heterocycles. The summed E-state index contributed by atoms with van der Waals surface area (Å²) in [5, 5.41) is 2.85. The van der Waals surface area contributed by atoms with E-state index in [0.717, 1.165) is 6.42 Å². The van der Waals surface area contributed by atoms with Crippen LogP contribution in [0.2, 0.25) is 0 Å². The molecule has 31 heavy (non-hydrogen) atoms. The third kappa shape index (κ3) is 5.61. The van der Waals surface area contributed by atoms with Crippen molar-refractivity contribution in [1.29, 1.82) is 0 Å². The highest BCUT2D eigenvalue weighted by Crippen LogP contribution is 2.36. The van der Waals surface area contributed by atoms with E-state index >= 15 is 0 Å². The van der Waals surface area contributed by atoms with Gasteiger partial charge in [0.15, 0.2) is 0 Å². The third-order valence-corrected chi connectivity index (χ3v) is 5.04. The van der Waals surface area contributed by atoms with Crippen molar-refractivity contribution in [3.05, 3.63) is 47.8 Å². The Morgan fingerprint density at radius 3 is 2.65 bits per heavy atom. The van der Waals surface area contributed by atoms with Crippen molar-refractivity contribution in [2.24, 2.45) is 0 Å². The molecule has 6 nitrogen and oxygen atoms in total. The van der Waals surface area contributed by atoms with Crippen LogP contribution in [0.25, 0.3) is 11.1 Å². The first kappa shape index (κ1) is 22.7. The Kier molecular flexibility index (Phi) is 7.63. The number of halogens is 1. The van der Waals surface area contributed by atoms with Gasteiger partial charge in [0.2, 0.25) is 5.91 Å². The molecule has 0 aromatic heterocycles. The highest BCUT2D eigenvalue weighted by Gasteiger charge is 2.23. The predicted octanol–water partition coefficient (Wildman–Crippen LogP) is 4.17. The number of nitrogens with zero attached hydrogens (tertiary/aromatic N) is 1. The number of carbonyl (C=O) groups excluding carboxylic acids is 2. The van der Waals surface area contributed by atoms with Crippen LogP contribution >= 0.6 is 0 Å². The summed E-state index contributed by atoms with van der Waals surface area (Å²) in [6.45, 7) is 5.29. The van der Waals surface area contributed by atoms with Crippen LogP contribution in [-0.2, 0) is 9.53 Å². The highest BCUT2D eigenvalue weighted by molar-refractivity contribution is 5.97. The SMILES string of the molecule is COCCCOc1cc(C(=O)NC(C)C)ccc1-c1cc(N2CCCC2=O)ccc1F. The molecule has 2 aromatic rings. The lowest BCUT2D eigenvalue weighted by Gasteiger charge is -2.19. The molecule has 0 spiro atoms. The van der Waals surface area contributed by atoms with Crippen molar-refractivity contribution >= 4 is 17.5 Å². The summed E-state index contributed by atoms with van der Waals surface area (Å²) in [5.41, 5.74) is 1.95. The Bertz CT molecular complexity index is 945. The van der Waals surface area contributed by atoms with E-state index in [0.29, 0.717) is 60.7 Å². The standard InChI is InChI=1S/C24H29FN2O4/c1-16(2)26-24(29)17-7-9-19(22(14-17)31-13-5-12-30-3)20-15-18(8-10-21(20)25)27-11-4-6-23(27)28/h7-10,14-16H,4-6,11-13H2,1-3H3,(H,26,29). The lowest BCUT2D eigenvalue weighted by Crippen LogP contribution is -2.30. The fraction of sp³-hybridized carbons (Fsp3) is 0.417. The van der Waals surface area contributed by atoms with Gasteiger partial charge in [0, 0.05) is 61.5 Å². The molecule has 2 amide bonds. The van der Waals surface area contributed by atoms with Crippen LogP contribution in [0.4, 0.5) is 10.1 Å². The number of amides is 2. The zero-order chi connectivity index (χ0) is 22.4. The third-order valence-electron chi connectivity index (χ3n) is 5.04. The molecule has 0 aliphatic carbocycles. The summed E-state index contributed by atoms with van der Waals surface area (Å²) in [6.07, 6.45) is 1.95. The Hall–Kier alpha value is -2.93. The number of methoxy groups -OCH3 is 1. The van der Waals surface area contributed by atoms with Gasteiger partial charge in [0.1, 0.15) is 11.6 Å². The van der Waals surface area contributed by atoms with Gasteiger partial charge >= 0.3 is 0 Å². The first-order chi connectivity index (χ1) is 14.9. The molecule has 1 fully saturated rings. The van der Waals surface area contributed by atoms with Crippen molar-refractivity contribution in [2.75, 3.05) is 31.8 Å². The van der Waals surface area contributed by atoms with Gasteiger partial charge in [-0.15, -0.1) is 0 Å². The van der Waals surface area contributed by atoms with E-state index in [9.17, 15) is 14.0 Å². The number of benzene rings is 2. The van der Waals surface area contributed by atoms with Gasteiger partial charge in [-0.05, 0) is 56.7 Å². The minimum atomic E-state index is -0.420. The Morgan fingerprint density at radius 2 is 1.97 bits per heavy atom. The maximum atomic E-state index is 14.8. The normalized spacial score (nSPS) is 13.7. The smallest absolute Gasteiger partial charge is 0.251 e. The molecule has 1 aliphatic rings. The van der Waals surface area contributed by atoms with E-state index in [-0.39, 0.29) is 17.9 Å². The van der Waals surface area contributed by atoms with Crippen LogP contribution in [0.15, 0.2) is 36.4 Å². The Balaban J connectivity index is 1.98. The number of rotatable bonds is 9. The van der Waals surface area contributed by atoms with E-state index in [1.165, 1.54) is 6.07 Å². The van der Waals surface area contributed by atoms with E-state index < -0.39 is 5.82 Å². The number of hydrogen-bond acceptors (Lipinski definition) is 4. The van der Waals surface area contributed by atoms with Gasteiger partial charge in [0.25, 0.3) is 5.91 Å². The molecule has 1 aliphatic heterocycles. The molecular weight excluding hydrogens is 399 g/mol. The molecule has 7 heteroatoms. The largest absolute Gasteiger partial charge is 0.493 e. The fourth-order valence-corrected chi connectivity index (χ4v) is 3.55. The average molecular weight is 429 g/mol. The minimum absolute atomic E-state index is 0.00891. The average Bonchev–Trinajstić information content (AvgIpc) is 3.17. The molecule has 0 radical (unpaired) electrons.